The first-order valence-electron chi connectivity index (χ1n) is 5.99. The number of hydrogen-bond donors (Lipinski definition) is 2. The second-order valence-corrected chi connectivity index (χ2v) is 5.62. The van der Waals surface area contributed by atoms with Gasteiger partial charge in [-0.25, -0.2) is 9.97 Å². The van der Waals surface area contributed by atoms with Crippen LogP contribution >= 0.6 is 0 Å². The van der Waals surface area contributed by atoms with Gasteiger partial charge >= 0.3 is 0 Å². The van der Waals surface area contributed by atoms with Gasteiger partial charge in [-0.1, -0.05) is 26.8 Å². The van der Waals surface area contributed by atoms with Crippen molar-refractivity contribution >= 4 is 27.8 Å². The van der Waals surface area contributed by atoms with Crippen molar-refractivity contribution in [3.05, 3.63) is 30.1 Å². The van der Waals surface area contributed by atoms with Gasteiger partial charge in [0.05, 0.1) is 0 Å². The van der Waals surface area contributed by atoms with Gasteiger partial charge in [-0.3, -0.25) is 0 Å². The van der Waals surface area contributed by atoms with Crippen LogP contribution in [-0.4, -0.2) is 15.0 Å². The van der Waals surface area contributed by atoms with Crippen molar-refractivity contribution in [1.82, 2.24) is 15.0 Å². The van der Waals surface area contributed by atoms with Gasteiger partial charge in [0.15, 0.2) is 5.82 Å². The summed E-state index contributed by atoms with van der Waals surface area (Å²) in [5.74, 6) is 0.494. The first-order chi connectivity index (χ1) is 8.47. The average Bonchev–Trinajstić information content (AvgIpc) is 2.67. The summed E-state index contributed by atoms with van der Waals surface area (Å²) in [6, 6.07) is 6.40. The minimum absolute atomic E-state index is 0.121. The van der Waals surface area contributed by atoms with Crippen molar-refractivity contribution in [3.63, 3.8) is 0 Å². The van der Waals surface area contributed by atoms with E-state index in [0.29, 0.717) is 5.82 Å². The Bertz CT molecular complexity index is 734. The van der Waals surface area contributed by atoms with Crippen molar-refractivity contribution in [1.29, 1.82) is 0 Å². The molecule has 0 atom stereocenters. The molecular weight excluding hydrogens is 224 g/mol. The first-order valence-corrected chi connectivity index (χ1v) is 5.99. The lowest BCUT2D eigenvalue weighted by molar-refractivity contribution is 0.591. The van der Waals surface area contributed by atoms with Crippen molar-refractivity contribution in [2.75, 3.05) is 5.73 Å². The lowest BCUT2D eigenvalue weighted by Gasteiger charge is -2.18. The molecular formula is C14H16N4. The Morgan fingerprint density at radius 1 is 1.17 bits per heavy atom. The number of nitrogen functional groups attached to an aromatic ring is 1. The van der Waals surface area contributed by atoms with Crippen LogP contribution < -0.4 is 5.73 Å². The third-order valence-corrected chi connectivity index (χ3v) is 3.28. The van der Waals surface area contributed by atoms with Gasteiger partial charge in [-0.15, -0.1) is 0 Å². The third kappa shape index (κ3) is 1.53. The van der Waals surface area contributed by atoms with E-state index in [1.165, 1.54) is 11.9 Å². The molecule has 0 amide bonds. The number of fused-ring (bicyclic) bond motifs is 3. The zero-order valence-electron chi connectivity index (χ0n) is 10.8. The average molecular weight is 240 g/mol. The molecule has 0 fully saturated rings. The highest BCUT2D eigenvalue weighted by molar-refractivity contribution is 6.07. The van der Waals surface area contributed by atoms with Crippen molar-refractivity contribution < 1.29 is 0 Å². The van der Waals surface area contributed by atoms with E-state index in [0.717, 1.165) is 21.9 Å². The number of H-pyrrole nitrogens is 1. The fraction of sp³-hybridized carbons (Fsp3) is 0.286. The summed E-state index contributed by atoms with van der Waals surface area (Å²) in [7, 11) is 0. The molecule has 2 heterocycles. The lowest BCUT2D eigenvalue weighted by Crippen LogP contribution is -2.10. The normalized spacial score (nSPS) is 12.4. The molecule has 0 aliphatic heterocycles. The molecule has 1 aromatic carbocycles. The topological polar surface area (TPSA) is 67.6 Å². The van der Waals surface area contributed by atoms with Crippen LogP contribution in [-0.2, 0) is 5.41 Å². The van der Waals surface area contributed by atoms with Gasteiger partial charge in [0.2, 0.25) is 0 Å². The number of aromatic nitrogens is 3. The van der Waals surface area contributed by atoms with Crippen LogP contribution in [0.15, 0.2) is 24.5 Å². The molecule has 0 saturated heterocycles. The first kappa shape index (κ1) is 11.0. The molecule has 0 saturated carbocycles. The Hall–Kier alpha value is -2.10. The Morgan fingerprint density at radius 3 is 2.67 bits per heavy atom. The van der Waals surface area contributed by atoms with Crippen molar-refractivity contribution in [3.8, 4) is 0 Å². The summed E-state index contributed by atoms with van der Waals surface area (Å²) in [6.45, 7) is 6.60. The van der Waals surface area contributed by atoms with E-state index < -0.39 is 0 Å². The summed E-state index contributed by atoms with van der Waals surface area (Å²) in [4.78, 5) is 11.6. The maximum atomic E-state index is 5.86. The second kappa shape index (κ2) is 3.45. The second-order valence-electron chi connectivity index (χ2n) is 5.62. The summed E-state index contributed by atoms with van der Waals surface area (Å²) in [6.07, 6.45) is 1.51. The molecule has 3 aromatic rings. The van der Waals surface area contributed by atoms with Crippen LogP contribution in [0.1, 0.15) is 26.3 Å². The summed E-state index contributed by atoms with van der Waals surface area (Å²) in [5.41, 5.74) is 10.0. The molecule has 3 rings (SSSR count). The minimum atomic E-state index is 0.121. The van der Waals surface area contributed by atoms with E-state index in [-0.39, 0.29) is 5.41 Å². The maximum absolute atomic E-state index is 5.86. The SMILES string of the molecule is CC(C)(C)c1ccc2[nH]c3c(N)ncnc3c2c1. The Labute approximate surface area is 105 Å². The van der Waals surface area contributed by atoms with Crippen LogP contribution in [0.5, 0.6) is 0 Å². The van der Waals surface area contributed by atoms with Gasteiger partial charge in [-0.2, -0.15) is 0 Å². The molecule has 0 aliphatic carbocycles. The van der Waals surface area contributed by atoms with Gasteiger partial charge < -0.3 is 10.7 Å². The van der Waals surface area contributed by atoms with Gasteiger partial charge in [0, 0.05) is 10.9 Å². The minimum Gasteiger partial charge on any atom is -0.382 e. The number of nitrogens with two attached hydrogens (primary N) is 1. The van der Waals surface area contributed by atoms with E-state index in [1.54, 1.807) is 0 Å². The van der Waals surface area contributed by atoms with Crippen LogP contribution in [0.25, 0.3) is 21.9 Å². The molecule has 0 bridgehead atoms. The van der Waals surface area contributed by atoms with Crippen LogP contribution in [0, 0.1) is 0 Å². The number of hydrogen-bond acceptors (Lipinski definition) is 3. The number of nitrogens with zero attached hydrogens (tertiary/aromatic N) is 2. The summed E-state index contributed by atoms with van der Waals surface area (Å²) in [5, 5.41) is 1.10. The molecule has 0 radical (unpaired) electrons. The molecule has 18 heavy (non-hydrogen) atoms. The number of benzene rings is 1. The Balaban J connectivity index is 2.40. The highest BCUT2D eigenvalue weighted by atomic mass is 14.9. The van der Waals surface area contributed by atoms with Gasteiger partial charge in [0.25, 0.3) is 0 Å². The molecule has 0 spiro atoms. The molecule has 0 unspecified atom stereocenters. The molecule has 92 valence electrons. The number of anilines is 1. The maximum Gasteiger partial charge on any atom is 0.151 e. The monoisotopic (exact) mass is 240 g/mol. The van der Waals surface area contributed by atoms with Crippen LogP contribution in [0.4, 0.5) is 5.82 Å². The molecule has 0 aliphatic rings. The number of nitrogens with one attached hydrogen (secondary N) is 1. The van der Waals surface area contributed by atoms with Crippen LogP contribution in [0.3, 0.4) is 0 Å². The molecule has 4 nitrogen and oxygen atoms in total. The van der Waals surface area contributed by atoms with E-state index in [1.807, 2.05) is 0 Å². The highest BCUT2D eigenvalue weighted by Gasteiger charge is 2.16. The predicted molar refractivity (Wildman–Crippen MR) is 74.5 cm³/mol. The standard InChI is InChI=1S/C14H16N4/c1-14(2,3)8-4-5-10-9(6-8)11-12(18-10)13(15)17-7-16-11/h4-7,18H,1-3H3,(H2,15,16,17). The van der Waals surface area contributed by atoms with Crippen molar-refractivity contribution in [2.24, 2.45) is 0 Å². The quantitative estimate of drug-likeness (QED) is 0.634. The largest absolute Gasteiger partial charge is 0.382 e. The summed E-state index contributed by atoms with van der Waals surface area (Å²) >= 11 is 0. The zero-order valence-corrected chi connectivity index (χ0v) is 10.8. The molecule has 2 aromatic heterocycles. The number of rotatable bonds is 0. The van der Waals surface area contributed by atoms with E-state index in [4.69, 9.17) is 5.73 Å². The lowest BCUT2D eigenvalue weighted by atomic mass is 9.86. The van der Waals surface area contributed by atoms with E-state index >= 15 is 0 Å². The fourth-order valence-corrected chi connectivity index (χ4v) is 2.18. The Morgan fingerprint density at radius 2 is 1.94 bits per heavy atom. The third-order valence-electron chi connectivity index (χ3n) is 3.28. The van der Waals surface area contributed by atoms with Gasteiger partial charge in [-0.05, 0) is 23.1 Å². The van der Waals surface area contributed by atoms with Gasteiger partial charge in [0.1, 0.15) is 17.4 Å². The Kier molecular flexibility index (Phi) is 2.11. The van der Waals surface area contributed by atoms with E-state index in [2.05, 4.69) is 53.9 Å². The van der Waals surface area contributed by atoms with E-state index in [9.17, 15) is 0 Å². The fourth-order valence-electron chi connectivity index (χ4n) is 2.18. The molecule has 4 heteroatoms. The van der Waals surface area contributed by atoms with Crippen molar-refractivity contribution in [2.45, 2.75) is 26.2 Å². The summed E-state index contributed by atoms with van der Waals surface area (Å²) < 4.78 is 0. The smallest absolute Gasteiger partial charge is 0.151 e. The molecule has 3 N–H and O–H groups in total. The number of aromatic amines is 1. The van der Waals surface area contributed by atoms with Crippen LogP contribution in [0.2, 0.25) is 0 Å². The highest BCUT2D eigenvalue weighted by Crippen LogP contribution is 2.30. The zero-order chi connectivity index (χ0) is 12.9. The predicted octanol–water partition coefficient (Wildman–Crippen LogP) is 2.99.